The van der Waals surface area contributed by atoms with E-state index in [0.717, 1.165) is 24.8 Å². The highest BCUT2D eigenvalue weighted by molar-refractivity contribution is 7.13. The van der Waals surface area contributed by atoms with Crippen LogP contribution in [0.5, 0.6) is 0 Å². The third-order valence-corrected chi connectivity index (χ3v) is 5.20. The molecular formula is C15H25N5S. The number of nitrogens with zero attached hydrogens (tertiary/aromatic N) is 3. The molecule has 2 atom stereocenters. The van der Waals surface area contributed by atoms with Crippen LogP contribution in [0.25, 0.3) is 0 Å². The molecule has 2 heterocycles. The Morgan fingerprint density at radius 1 is 1.48 bits per heavy atom. The summed E-state index contributed by atoms with van der Waals surface area (Å²) in [6, 6.07) is 0.609. The first-order valence-corrected chi connectivity index (χ1v) is 8.81. The van der Waals surface area contributed by atoms with E-state index in [1.807, 2.05) is 7.05 Å². The van der Waals surface area contributed by atoms with Crippen molar-refractivity contribution >= 4 is 22.4 Å². The summed E-state index contributed by atoms with van der Waals surface area (Å²) in [6.45, 7) is 5.48. The van der Waals surface area contributed by atoms with Crippen LogP contribution < -0.4 is 15.5 Å². The molecule has 2 fully saturated rings. The molecule has 1 saturated heterocycles. The second-order valence-corrected chi connectivity index (χ2v) is 6.86. The number of guanidine groups is 1. The van der Waals surface area contributed by atoms with E-state index in [1.165, 1.54) is 43.2 Å². The molecule has 0 radical (unpaired) electrons. The molecule has 0 aromatic carbocycles. The van der Waals surface area contributed by atoms with E-state index in [-0.39, 0.29) is 0 Å². The predicted molar refractivity (Wildman–Crippen MR) is 89.3 cm³/mol. The predicted octanol–water partition coefficient (Wildman–Crippen LogP) is 1.86. The maximum absolute atomic E-state index is 4.74. The Balaban J connectivity index is 1.42. The highest BCUT2D eigenvalue weighted by Gasteiger charge is 2.33. The Hall–Kier alpha value is -1.30. The second kappa shape index (κ2) is 6.64. The van der Waals surface area contributed by atoms with Gasteiger partial charge in [0.1, 0.15) is 0 Å². The number of hydrogen-bond acceptors (Lipinski definition) is 4. The van der Waals surface area contributed by atoms with Crippen molar-refractivity contribution < 1.29 is 0 Å². The molecule has 5 nitrogen and oxygen atoms in total. The topological polar surface area (TPSA) is 52.6 Å². The minimum absolute atomic E-state index is 0.609. The van der Waals surface area contributed by atoms with Gasteiger partial charge < -0.3 is 15.5 Å². The first-order chi connectivity index (χ1) is 10.3. The van der Waals surface area contributed by atoms with Crippen LogP contribution in [0, 0.1) is 5.92 Å². The standard InChI is InChI=1S/C15H25N5S/c1-11-9-13(11)19-14(16-2)17-6-5-12-10-21-15(18-12)20-7-3-4-8-20/h10-11,13H,3-9H2,1-2H3,(H2,16,17,19). The second-order valence-electron chi connectivity index (χ2n) is 6.03. The summed E-state index contributed by atoms with van der Waals surface area (Å²) in [6.07, 6.45) is 4.81. The van der Waals surface area contributed by atoms with E-state index in [9.17, 15) is 0 Å². The minimum Gasteiger partial charge on any atom is -0.356 e. The van der Waals surface area contributed by atoms with E-state index in [0.29, 0.717) is 6.04 Å². The number of thiazole rings is 1. The van der Waals surface area contributed by atoms with Crippen LogP contribution in [-0.4, -0.2) is 43.7 Å². The van der Waals surface area contributed by atoms with Crippen LogP contribution in [-0.2, 0) is 6.42 Å². The SMILES string of the molecule is CN=C(NCCc1csc(N2CCCC2)n1)NC1CC1C. The molecular weight excluding hydrogens is 282 g/mol. The van der Waals surface area contributed by atoms with Gasteiger partial charge in [-0.2, -0.15) is 0 Å². The summed E-state index contributed by atoms with van der Waals surface area (Å²) in [5.41, 5.74) is 1.18. The Labute approximate surface area is 130 Å². The zero-order valence-corrected chi connectivity index (χ0v) is 13.7. The fourth-order valence-electron chi connectivity index (χ4n) is 2.67. The first kappa shape index (κ1) is 14.6. The molecule has 1 saturated carbocycles. The molecule has 1 aliphatic heterocycles. The highest BCUT2D eigenvalue weighted by Crippen LogP contribution is 2.28. The molecule has 0 bridgehead atoms. The van der Waals surface area contributed by atoms with Crippen LogP contribution in [0.2, 0.25) is 0 Å². The average Bonchev–Trinajstić information content (AvgIpc) is 2.95. The lowest BCUT2D eigenvalue weighted by molar-refractivity contribution is 0.754. The van der Waals surface area contributed by atoms with Crippen molar-refractivity contribution in [3.05, 3.63) is 11.1 Å². The zero-order valence-electron chi connectivity index (χ0n) is 12.9. The molecule has 2 aliphatic rings. The van der Waals surface area contributed by atoms with E-state index >= 15 is 0 Å². The lowest BCUT2D eigenvalue weighted by Crippen LogP contribution is -2.39. The Morgan fingerprint density at radius 2 is 2.24 bits per heavy atom. The largest absolute Gasteiger partial charge is 0.356 e. The van der Waals surface area contributed by atoms with Crippen molar-refractivity contribution in [2.75, 3.05) is 31.6 Å². The summed E-state index contributed by atoms with van der Waals surface area (Å²) in [5.74, 6) is 1.70. The van der Waals surface area contributed by atoms with Gasteiger partial charge in [0.25, 0.3) is 0 Å². The summed E-state index contributed by atoms with van der Waals surface area (Å²) < 4.78 is 0. The van der Waals surface area contributed by atoms with Crippen molar-refractivity contribution in [2.45, 2.75) is 38.6 Å². The summed E-state index contributed by atoms with van der Waals surface area (Å²) >= 11 is 1.77. The average molecular weight is 307 g/mol. The lowest BCUT2D eigenvalue weighted by atomic mass is 10.3. The lowest BCUT2D eigenvalue weighted by Gasteiger charge is -2.12. The van der Waals surface area contributed by atoms with Crippen molar-refractivity contribution in [3.63, 3.8) is 0 Å². The molecule has 0 amide bonds. The quantitative estimate of drug-likeness (QED) is 0.644. The highest BCUT2D eigenvalue weighted by atomic mass is 32.1. The van der Waals surface area contributed by atoms with Crippen molar-refractivity contribution in [1.82, 2.24) is 15.6 Å². The van der Waals surface area contributed by atoms with Crippen molar-refractivity contribution in [3.8, 4) is 0 Å². The van der Waals surface area contributed by atoms with Gasteiger partial charge in [0.15, 0.2) is 11.1 Å². The van der Waals surface area contributed by atoms with Crippen LogP contribution in [0.4, 0.5) is 5.13 Å². The number of anilines is 1. The van der Waals surface area contributed by atoms with Gasteiger partial charge in [0, 0.05) is 44.5 Å². The number of rotatable bonds is 5. The van der Waals surface area contributed by atoms with E-state index < -0.39 is 0 Å². The smallest absolute Gasteiger partial charge is 0.191 e. The van der Waals surface area contributed by atoms with Gasteiger partial charge in [0.05, 0.1) is 5.69 Å². The van der Waals surface area contributed by atoms with Crippen LogP contribution >= 0.6 is 11.3 Å². The molecule has 1 aliphatic carbocycles. The van der Waals surface area contributed by atoms with Gasteiger partial charge in [-0.05, 0) is 25.2 Å². The number of aromatic nitrogens is 1. The fourth-order valence-corrected chi connectivity index (χ4v) is 3.58. The van der Waals surface area contributed by atoms with Gasteiger partial charge >= 0.3 is 0 Å². The number of nitrogens with one attached hydrogen (secondary N) is 2. The molecule has 2 unspecified atom stereocenters. The van der Waals surface area contributed by atoms with Gasteiger partial charge in [-0.1, -0.05) is 6.92 Å². The van der Waals surface area contributed by atoms with E-state index in [2.05, 4.69) is 32.8 Å². The van der Waals surface area contributed by atoms with Gasteiger partial charge in [0.2, 0.25) is 0 Å². The maximum atomic E-state index is 4.74. The van der Waals surface area contributed by atoms with Crippen LogP contribution in [0.1, 0.15) is 31.9 Å². The molecule has 1 aromatic rings. The fraction of sp³-hybridized carbons (Fsp3) is 0.733. The van der Waals surface area contributed by atoms with Crippen LogP contribution in [0.3, 0.4) is 0 Å². The summed E-state index contributed by atoms with van der Waals surface area (Å²) in [4.78, 5) is 11.4. The Kier molecular flexibility index (Phi) is 4.63. The van der Waals surface area contributed by atoms with Gasteiger partial charge in [-0.15, -0.1) is 11.3 Å². The zero-order chi connectivity index (χ0) is 14.7. The molecule has 21 heavy (non-hydrogen) atoms. The molecule has 2 N–H and O–H groups in total. The molecule has 1 aromatic heterocycles. The minimum atomic E-state index is 0.609. The number of hydrogen-bond donors (Lipinski definition) is 2. The van der Waals surface area contributed by atoms with E-state index in [1.54, 1.807) is 11.3 Å². The van der Waals surface area contributed by atoms with Crippen LogP contribution in [0.15, 0.2) is 10.4 Å². The third kappa shape index (κ3) is 3.87. The first-order valence-electron chi connectivity index (χ1n) is 7.93. The monoisotopic (exact) mass is 307 g/mol. The van der Waals surface area contributed by atoms with Crippen molar-refractivity contribution in [2.24, 2.45) is 10.9 Å². The normalized spacial score (nSPS) is 25.2. The number of aliphatic imine (C=N–C) groups is 1. The summed E-state index contributed by atoms with van der Waals surface area (Å²) in [7, 11) is 1.83. The third-order valence-electron chi connectivity index (χ3n) is 4.24. The Morgan fingerprint density at radius 3 is 2.90 bits per heavy atom. The molecule has 3 rings (SSSR count). The Bertz CT molecular complexity index is 492. The maximum Gasteiger partial charge on any atom is 0.191 e. The molecule has 0 spiro atoms. The van der Waals surface area contributed by atoms with Crippen molar-refractivity contribution in [1.29, 1.82) is 0 Å². The molecule has 6 heteroatoms. The molecule has 116 valence electrons. The van der Waals surface area contributed by atoms with E-state index in [4.69, 9.17) is 4.98 Å². The van der Waals surface area contributed by atoms with Gasteiger partial charge in [-0.3, -0.25) is 4.99 Å². The summed E-state index contributed by atoms with van der Waals surface area (Å²) in [5, 5.41) is 10.2. The van der Waals surface area contributed by atoms with Gasteiger partial charge in [-0.25, -0.2) is 4.98 Å².